The van der Waals surface area contributed by atoms with Crippen LogP contribution < -0.4 is 5.32 Å². The molecule has 1 heterocycles. The van der Waals surface area contributed by atoms with Gasteiger partial charge >= 0.3 is 0 Å². The zero-order chi connectivity index (χ0) is 22.6. The van der Waals surface area contributed by atoms with Crippen molar-refractivity contribution in [3.8, 4) is 0 Å². The van der Waals surface area contributed by atoms with Gasteiger partial charge in [-0.1, -0.05) is 49.0 Å². The lowest BCUT2D eigenvalue weighted by atomic mass is 9.91. The van der Waals surface area contributed by atoms with E-state index >= 15 is 0 Å². The fourth-order valence-electron chi connectivity index (χ4n) is 4.53. The lowest BCUT2D eigenvalue weighted by Gasteiger charge is -2.19. The Morgan fingerprint density at radius 3 is 2.59 bits per heavy atom. The van der Waals surface area contributed by atoms with Crippen molar-refractivity contribution in [3.05, 3.63) is 77.4 Å². The van der Waals surface area contributed by atoms with Gasteiger partial charge in [0.25, 0.3) is 0 Å². The number of benzene rings is 2. The lowest BCUT2D eigenvalue weighted by Crippen LogP contribution is -2.32. The molecule has 1 aliphatic rings. The van der Waals surface area contributed by atoms with Crippen LogP contribution in [0.3, 0.4) is 0 Å². The van der Waals surface area contributed by atoms with Gasteiger partial charge in [0.2, 0.25) is 0 Å². The summed E-state index contributed by atoms with van der Waals surface area (Å²) in [6.45, 7) is 9.85. The van der Waals surface area contributed by atoms with Gasteiger partial charge in [-0.3, -0.25) is 0 Å². The van der Waals surface area contributed by atoms with Crippen LogP contribution in [0.25, 0.3) is 5.57 Å². The zero-order valence-electron chi connectivity index (χ0n) is 19.9. The maximum atomic E-state index is 5.37. The van der Waals surface area contributed by atoms with Gasteiger partial charge in [-0.25, -0.2) is 4.58 Å². The van der Waals surface area contributed by atoms with Crippen LogP contribution in [0.4, 0.5) is 0 Å². The Morgan fingerprint density at radius 2 is 1.75 bits per heavy atom. The predicted octanol–water partition coefficient (Wildman–Crippen LogP) is 4.35. The Labute approximate surface area is 194 Å². The highest BCUT2D eigenvalue weighted by atomic mass is 16.5. The van der Waals surface area contributed by atoms with Crippen LogP contribution in [0.5, 0.6) is 0 Å². The molecular formula is C28H39N2O2+. The largest absolute Gasteiger partial charge is 0.383 e. The SMILES string of the molecule is C=C(CCCC1=[N+](CCOC)CCc2ccccc21)c1ccccc1CCNCCOC. The molecule has 0 aromatic heterocycles. The van der Waals surface area contributed by atoms with Gasteiger partial charge in [0.15, 0.2) is 12.3 Å². The van der Waals surface area contributed by atoms with Crippen molar-refractivity contribution < 1.29 is 14.0 Å². The highest BCUT2D eigenvalue weighted by Gasteiger charge is 2.24. The number of nitrogens with one attached hydrogen (secondary N) is 1. The third-order valence-electron chi connectivity index (χ3n) is 6.27. The molecule has 172 valence electrons. The first-order chi connectivity index (χ1) is 15.7. The van der Waals surface area contributed by atoms with Crippen molar-refractivity contribution in [1.29, 1.82) is 0 Å². The van der Waals surface area contributed by atoms with E-state index in [-0.39, 0.29) is 0 Å². The highest BCUT2D eigenvalue weighted by molar-refractivity contribution is 5.98. The van der Waals surface area contributed by atoms with Crippen molar-refractivity contribution in [1.82, 2.24) is 5.32 Å². The molecule has 32 heavy (non-hydrogen) atoms. The summed E-state index contributed by atoms with van der Waals surface area (Å²) in [6, 6.07) is 17.6. The van der Waals surface area contributed by atoms with E-state index in [1.54, 1.807) is 14.2 Å². The van der Waals surface area contributed by atoms with Crippen LogP contribution in [-0.2, 0) is 22.3 Å². The Balaban J connectivity index is 1.61. The number of methoxy groups -OCH3 is 2. The van der Waals surface area contributed by atoms with Crippen LogP contribution >= 0.6 is 0 Å². The quantitative estimate of drug-likeness (QED) is 0.354. The Bertz CT molecular complexity index is 904. The lowest BCUT2D eigenvalue weighted by molar-refractivity contribution is -0.532. The van der Waals surface area contributed by atoms with Crippen molar-refractivity contribution in [3.63, 3.8) is 0 Å². The van der Waals surface area contributed by atoms with Gasteiger partial charge in [0.05, 0.1) is 6.61 Å². The minimum atomic E-state index is 0.748. The summed E-state index contributed by atoms with van der Waals surface area (Å²) >= 11 is 0. The minimum absolute atomic E-state index is 0.748. The van der Waals surface area contributed by atoms with Crippen LogP contribution in [0.2, 0.25) is 0 Å². The van der Waals surface area contributed by atoms with E-state index in [9.17, 15) is 0 Å². The van der Waals surface area contributed by atoms with Gasteiger partial charge in [0.1, 0.15) is 13.2 Å². The Kier molecular flexibility index (Phi) is 10.1. The summed E-state index contributed by atoms with van der Waals surface area (Å²) in [5.74, 6) is 0. The molecule has 0 saturated heterocycles. The molecule has 4 heteroatoms. The van der Waals surface area contributed by atoms with E-state index in [2.05, 4.69) is 65.0 Å². The van der Waals surface area contributed by atoms with E-state index in [0.29, 0.717) is 0 Å². The van der Waals surface area contributed by atoms with Gasteiger partial charge in [0, 0.05) is 39.2 Å². The van der Waals surface area contributed by atoms with E-state index in [1.807, 2.05) is 0 Å². The number of ether oxygens (including phenoxy) is 2. The second kappa shape index (κ2) is 13.3. The molecule has 0 bridgehead atoms. The van der Waals surface area contributed by atoms with Gasteiger partial charge < -0.3 is 14.8 Å². The van der Waals surface area contributed by atoms with Gasteiger partial charge in [-0.2, -0.15) is 0 Å². The molecule has 0 radical (unpaired) electrons. The van der Waals surface area contributed by atoms with Crippen molar-refractivity contribution in [2.24, 2.45) is 0 Å². The maximum Gasteiger partial charge on any atom is 0.183 e. The molecular weight excluding hydrogens is 396 g/mol. The summed E-state index contributed by atoms with van der Waals surface area (Å²) in [7, 11) is 3.52. The van der Waals surface area contributed by atoms with Crippen molar-refractivity contribution >= 4 is 11.3 Å². The van der Waals surface area contributed by atoms with Crippen LogP contribution in [0, 0.1) is 0 Å². The summed E-state index contributed by atoms with van der Waals surface area (Å²) in [4.78, 5) is 0. The molecule has 2 aromatic carbocycles. The predicted molar refractivity (Wildman–Crippen MR) is 134 cm³/mol. The number of hydrogen-bond donors (Lipinski definition) is 1. The normalized spacial score (nSPS) is 13.3. The third kappa shape index (κ3) is 6.86. The number of allylic oxidation sites excluding steroid dienone is 1. The minimum Gasteiger partial charge on any atom is -0.383 e. The summed E-state index contributed by atoms with van der Waals surface area (Å²) in [6.07, 6.45) is 5.31. The standard InChI is InChI=1S/C28H39N2O2/c1-23(26-12-6-4-10-24(26)15-17-29-18-21-31-2)9-8-14-28-27-13-7-5-11-25(27)16-19-30(28)20-22-32-3/h4-7,10-13,29H,1,8-9,14-22H2,2-3H3/q+1. The van der Waals surface area contributed by atoms with E-state index in [0.717, 1.165) is 71.5 Å². The molecule has 0 unspecified atom stereocenters. The van der Waals surface area contributed by atoms with Crippen molar-refractivity contribution in [2.45, 2.75) is 32.1 Å². The molecule has 1 N–H and O–H groups in total. The highest BCUT2D eigenvalue weighted by Crippen LogP contribution is 2.25. The van der Waals surface area contributed by atoms with E-state index in [1.165, 1.54) is 33.5 Å². The molecule has 4 nitrogen and oxygen atoms in total. The first-order valence-electron chi connectivity index (χ1n) is 11.9. The Hall–Kier alpha value is -2.27. The molecule has 0 spiro atoms. The van der Waals surface area contributed by atoms with Gasteiger partial charge in [-0.15, -0.1) is 0 Å². The average molecular weight is 436 g/mol. The third-order valence-corrected chi connectivity index (χ3v) is 6.27. The number of rotatable bonds is 14. The van der Waals surface area contributed by atoms with Gasteiger partial charge in [-0.05, 0) is 54.1 Å². The van der Waals surface area contributed by atoms with Crippen LogP contribution in [0.1, 0.15) is 41.5 Å². The molecule has 0 fully saturated rings. The van der Waals surface area contributed by atoms with E-state index < -0.39 is 0 Å². The topological polar surface area (TPSA) is 33.5 Å². The van der Waals surface area contributed by atoms with Crippen LogP contribution in [-0.4, -0.2) is 63.9 Å². The molecule has 3 rings (SSSR count). The Morgan fingerprint density at radius 1 is 0.969 bits per heavy atom. The molecule has 2 aromatic rings. The van der Waals surface area contributed by atoms with Crippen molar-refractivity contribution in [2.75, 3.05) is 53.6 Å². The molecule has 1 aliphatic heterocycles. The first kappa shape index (κ1) is 24.4. The van der Waals surface area contributed by atoms with E-state index in [4.69, 9.17) is 9.47 Å². The second-order valence-corrected chi connectivity index (χ2v) is 8.44. The molecule has 0 saturated carbocycles. The summed E-state index contributed by atoms with van der Waals surface area (Å²) < 4.78 is 13.0. The smallest absolute Gasteiger partial charge is 0.183 e. The second-order valence-electron chi connectivity index (χ2n) is 8.44. The fourth-order valence-corrected chi connectivity index (χ4v) is 4.53. The molecule has 0 atom stereocenters. The maximum absolute atomic E-state index is 5.37. The average Bonchev–Trinajstić information content (AvgIpc) is 2.83. The summed E-state index contributed by atoms with van der Waals surface area (Å²) in [5, 5.41) is 3.44. The monoisotopic (exact) mass is 435 g/mol. The first-order valence-corrected chi connectivity index (χ1v) is 11.9. The number of nitrogens with zero attached hydrogens (tertiary/aromatic N) is 1. The number of fused-ring (bicyclic) bond motifs is 1. The molecule has 0 aliphatic carbocycles. The fraction of sp³-hybridized carbons (Fsp3) is 0.464. The zero-order valence-corrected chi connectivity index (χ0v) is 19.9. The van der Waals surface area contributed by atoms with Crippen LogP contribution in [0.15, 0.2) is 55.1 Å². The molecule has 0 amide bonds. The number of hydrogen-bond acceptors (Lipinski definition) is 3. The summed E-state index contributed by atoms with van der Waals surface area (Å²) in [5.41, 5.74) is 8.29.